The van der Waals surface area contributed by atoms with Gasteiger partial charge < -0.3 is 0 Å². The van der Waals surface area contributed by atoms with Gasteiger partial charge in [0.05, 0.1) is 17.1 Å². The average Bonchev–Trinajstić information content (AvgIpc) is 2.92. The summed E-state index contributed by atoms with van der Waals surface area (Å²) in [6.45, 7) is 9.43. The second kappa shape index (κ2) is 7.29. The lowest BCUT2D eigenvalue weighted by Crippen LogP contribution is -2.28. The van der Waals surface area contributed by atoms with Crippen LogP contribution in [0.1, 0.15) is 41.0 Å². The van der Waals surface area contributed by atoms with Crippen molar-refractivity contribution in [3.8, 4) is 5.69 Å². The van der Waals surface area contributed by atoms with E-state index in [0.717, 1.165) is 16.8 Å². The van der Waals surface area contributed by atoms with E-state index in [2.05, 4.69) is 9.82 Å². The standard InChI is InChI=1S/C21H25N3O2S/c1-14-11-12-19(13-15(14)2)16(3)23-27(25,26)21-17(4)22-24(18(21)5)20-9-7-6-8-10-20/h6-13,16,23H,1-5H3. The molecular weight excluding hydrogens is 358 g/mol. The fourth-order valence-electron chi connectivity index (χ4n) is 3.23. The molecule has 1 unspecified atom stereocenters. The van der Waals surface area contributed by atoms with E-state index in [4.69, 9.17) is 0 Å². The fourth-order valence-corrected chi connectivity index (χ4v) is 4.86. The quantitative estimate of drug-likeness (QED) is 0.720. The molecule has 0 aliphatic carbocycles. The molecule has 5 nitrogen and oxygen atoms in total. The van der Waals surface area contributed by atoms with Gasteiger partial charge in [-0.25, -0.2) is 17.8 Å². The number of hydrogen-bond acceptors (Lipinski definition) is 3. The predicted molar refractivity (Wildman–Crippen MR) is 108 cm³/mol. The Kier molecular flexibility index (Phi) is 5.22. The van der Waals surface area contributed by atoms with Crippen LogP contribution in [0.3, 0.4) is 0 Å². The summed E-state index contributed by atoms with van der Waals surface area (Å²) in [7, 11) is -3.71. The van der Waals surface area contributed by atoms with Gasteiger partial charge >= 0.3 is 0 Å². The molecule has 0 bridgehead atoms. The molecule has 0 radical (unpaired) electrons. The lowest BCUT2D eigenvalue weighted by Gasteiger charge is -2.16. The second-order valence-corrected chi connectivity index (χ2v) is 8.58. The van der Waals surface area contributed by atoms with Gasteiger partial charge in [-0.2, -0.15) is 5.10 Å². The zero-order valence-corrected chi connectivity index (χ0v) is 17.1. The summed E-state index contributed by atoms with van der Waals surface area (Å²) in [5.74, 6) is 0. The molecule has 3 rings (SSSR count). The maximum absolute atomic E-state index is 13.1. The van der Waals surface area contributed by atoms with Crippen molar-refractivity contribution in [1.29, 1.82) is 0 Å². The van der Waals surface area contributed by atoms with Crippen LogP contribution in [-0.4, -0.2) is 18.2 Å². The van der Waals surface area contributed by atoms with Gasteiger partial charge in [0, 0.05) is 6.04 Å². The first kappa shape index (κ1) is 19.3. The van der Waals surface area contributed by atoms with E-state index in [1.165, 1.54) is 5.56 Å². The molecule has 0 saturated heterocycles. The molecule has 1 atom stereocenters. The van der Waals surface area contributed by atoms with Crippen LogP contribution in [0.25, 0.3) is 5.69 Å². The summed E-state index contributed by atoms with van der Waals surface area (Å²) in [5, 5.41) is 4.45. The molecular formula is C21H25N3O2S. The van der Waals surface area contributed by atoms with Crippen molar-refractivity contribution in [2.24, 2.45) is 0 Å². The Hall–Kier alpha value is -2.44. The summed E-state index contributed by atoms with van der Waals surface area (Å²) >= 11 is 0. The summed E-state index contributed by atoms with van der Waals surface area (Å²) < 4.78 is 30.7. The molecule has 0 fully saturated rings. The zero-order chi connectivity index (χ0) is 19.8. The van der Waals surface area contributed by atoms with Crippen molar-refractivity contribution in [2.45, 2.75) is 45.6 Å². The van der Waals surface area contributed by atoms with Crippen LogP contribution in [0.2, 0.25) is 0 Å². The number of aromatic nitrogens is 2. The highest BCUT2D eigenvalue weighted by atomic mass is 32.2. The summed E-state index contributed by atoms with van der Waals surface area (Å²) in [5.41, 5.74) is 5.18. The number of rotatable bonds is 5. The van der Waals surface area contributed by atoms with Crippen molar-refractivity contribution in [2.75, 3.05) is 0 Å². The normalized spacial score (nSPS) is 12.9. The Morgan fingerprint density at radius 3 is 2.26 bits per heavy atom. The first-order valence-corrected chi connectivity index (χ1v) is 10.4. The molecule has 1 heterocycles. The molecule has 2 aromatic carbocycles. The van der Waals surface area contributed by atoms with Crippen molar-refractivity contribution < 1.29 is 8.42 Å². The molecule has 1 N–H and O–H groups in total. The molecule has 142 valence electrons. The highest BCUT2D eigenvalue weighted by Gasteiger charge is 2.27. The van der Waals surface area contributed by atoms with E-state index in [1.807, 2.05) is 69.3 Å². The van der Waals surface area contributed by atoms with Crippen LogP contribution < -0.4 is 4.72 Å². The van der Waals surface area contributed by atoms with Gasteiger partial charge in [0.15, 0.2) is 0 Å². The minimum Gasteiger partial charge on any atom is -0.236 e. The van der Waals surface area contributed by atoms with Crippen molar-refractivity contribution in [1.82, 2.24) is 14.5 Å². The second-order valence-electron chi connectivity index (χ2n) is 6.93. The molecule has 0 spiro atoms. The van der Waals surface area contributed by atoms with Crippen LogP contribution in [0, 0.1) is 27.7 Å². The van der Waals surface area contributed by atoms with Gasteiger partial charge in [0.1, 0.15) is 4.90 Å². The highest BCUT2D eigenvalue weighted by molar-refractivity contribution is 7.89. The van der Waals surface area contributed by atoms with E-state index < -0.39 is 10.0 Å². The first-order chi connectivity index (χ1) is 12.7. The van der Waals surface area contributed by atoms with Crippen LogP contribution >= 0.6 is 0 Å². The van der Waals surface area contributed by atoms with Gasteiger partial charge in [-0.3, -0.25) is 0 Å². The largest absolute Gasteiger partial charge is 0.244 e. The SMILES string of the molecule is Cc1ccc(C(C)NS(=O)(=O)c2c(C)nn(-c3ccccc3)c2C)cc1C. The summed E-state index contributed by atoms with van der Waals surface area (Å²) in [6.07, 6.45) is 0. The highest BCUT2D eigenvalue weighted by Crippen LogP contribution is 2.25. The number of para-hydroxylation sites is 1. The number of sulfonamides is 1. The number of nitrogens with one attached hydrogen (secondary N) is 1. The number of benzene rings is 2. The monoisotopic (exact) mass is 383 g/mol. The molecule has 0 aliphatic heterocycles. The molecule has 27 heavy (non-hydrogen) atoms. The third-order valence-corrected chi connectivity index (χ3v) is 6.65. The average molecular weight is 384 g/mol. The first-order valence-electron chi connectivity index (χ1n) is 8.92. The molecule has 0 aliphatic rings. The maximum Gasteiger partial charge on any atom is 0.244 e. The van der Waals surface area contributed by atoms with Crippen LogP contribution in [0.4, 0.5) is 0 Å². The predicted octanol–water partition coefficient (Wildman–Crippen LogP) is 4.15. The Labute approximate surface area is 161 Å². The van der Waals surface area contributed by atoms with Crippen molar-refractivity contribution in [3.63, 3.8) is 0 Å². The lowest BCUT2D eigenvalue weighted by atomic mass is 10.0. The Morgan fingerprint density at radius 1 is 0.963 bits per heavy atom. The van der Waals surface area contributed by atoms with Crippen LogP contribution in [-0.2, 0) is 10.0 Å². The van der Waals surface area contributed by atoms with Gasteiger partial charge in [0.2, 0.25) is 10.0 Å². The van der Waals surface area contributed by atoms with E-state index in [9.17, 15) is 8.42 Å². The van der Waals surface area contributed by atoms with E-state index in [0.29, 0.717) is 11.4 Å². The molecule has 0 saturated carbocycles. The van der Waals surface area contributed by atoms with Gasteiger partial charge in [-0.15, -0.1) is 0 Å². The third kappa shape index (κ3) is 3.82. The number of aryl methyl sites for hydroxylation is 3. The van der Waals surface area contributed by atoms with Crippen LogP contribution in [0.5, 0.6) is 0 Å². The third-order valence-electron chi connectivity index (χ3n) is 4.86. The van der Waals surface area contributed by atoms with Gasteiger partial charge in [-0.1, -0.05) is 36.4 Å². The number of nitrogens with zero attached hydrogens (tertiary/aromatic N) is 2. The molecule has 3 aromatic rings. The maximum atomic E-state index is 13.1. The molecule has 6 heteroatoms. The van der Waals surface area contributed by atoms with Gasteiger partial charge in [0.25, 0.3) is 0 Å². The molecule has 0 amide bonds. The van der Waals surface area contributed by atoms with Crippen molar-refractivity contribution >= 4 is 10.0 Å². The van der Waals surface area contributed by atoms with Gasteiger partial charge in [-0.05, 0) is 63.4 Å². The smallest absolute Gasteiger partial charge is 0.236 e. The minimum absolute atomic E-state index is 0.238. The topological polar surface area (TPSA) is 64.0 Å². The van der Waals surface area contributed by atoms with E-state index in [1.54, 1.807) is 18.5 Å². The zero-order valence-electron chi connectivity index (χ0n) is 16.3. The van der Waals surface area contributed by atoms with E-state index >= 15 is 0 Å². The Balaban J connectivity index is 1.95. The summed E-state index contributed by atoms with van der Waals surface area (Å²) in [4.78, 5) is 0.238. The fraction of sp³-hybridized carbons (Fsp3) is 0.286. The Bertz CT molecular complexity index is 1070. The van der Waals surface area contributed by atoms with E-state index in [-0.39, 0.29) is 10.9 Å². The van der Waals surface area contributed by atoms with Crippen LogP contribution in [0.15, 0.2) is 53.4 Å². The Morgan fingerprint density at radius 2 is 1.63 bits per heavy atom. The molecule has 1 aromatic heterocycles. The van der Waals surface area contributed by atoms with Crippen molar-refractivity contribution in [3.05, 3.63) is 76.6 Å². The number of hydrogen-bond donors (Lipinski definition) is 1. The lowest BCUT2D eigenvalue weighted by molar-refractivity contribution is 0.565. The minimum atomic E-state index is -3.71. The summed E-state index contributed by atoms with van der Waals surface area (Å²) in [6, 6.07) is 15.2.